The van der Waals surface area contributed by atoms with E-state index in [1.807, 2.05) is 12.1 Å². The molecule has 27 heavy (non-hydrogen) atoms. The summed E-state index contributed by atoms with van der Waals surface area (Å²) in [5, 5.41) is 5.89. The van der Waals surface area contributed by atoms with Crippen molar-refractivity contribution in [3.8, 4) is 0 Å². The summed E-state index contributed by atoms with van der Waals surface area (Å²) in [5.74, 6) is 0.112. The second kappa shape index (κ2) is 8.41. The molecule has 0 unspecified atom stereocenters. The molecule has 0 bridgehead atoms. The Morgan fingerprint density at radius 1 is 1.19 bits per heavy atom. The summed E-state index contributed by atoms with van der Waals surface area (Å²) in [6.45, 7) is 5.53. The molecule has 1 aliphatic heterocycles. The Morgan fingerprint density at radius 3 is 2.48 bits per heavy atom. The van der Waals surface area contributed by atoms with Gasteiger partial charge in [-0.05, 0) is 49.3 Å². The highest BCUT2D eigenvalue weighted by Crippen LogP contribution is 2.47. The first-order valence-electron chi connectivity index (χ1n) is 9.70. The van der Waals surface area contributed by atoms with Crippen molar-refractivity contribution in [2.75, 3.05) is 26.2 Å². The van der Waals surface area contributed by atoms with Crippen LogP contribution in [0.1, 0.15) is 48.5 Å². The number of primary amides is 1. The lowest BCUT2D eigenvalue weighted by Gasteiger charge is -2.38. The van der Waals surface area contributed by atoms with Crippen molar-refractivity contribution in [3.05, 3.63) is 35.4 Å². The van der Waals surface area contributed by atoms with Crippen LogP contribution in [0.3, 0.4) is 0 Å². The van der Waals surface area contributed by atoms with E-state index in [0.29, 0.717) is 17.5 Å². The van der Waals surface area contributed by atoms with Gasteiger partial charge in [-0.25, -0.2) is 4.99 Å². The zero-order valence-corrected chi connectivity index (χ0v) is 16.0. The number of carbonyl (C=O) groups is 2. The van der Waals surface area contributed by atoms with Gasteiger partial charge in [0.05, 0.1) is 13.1 Å². The molecular formula is C20H29N5O2. The summed E-state index contributed by atoms with van der Waals surface area (Å²) < 4.78 is 0. The van der Waals surface area contributed by atoms with Crippen molar-refractivity contribution in [3.63, 3.8) is 0 Å². The van der Waals surface area contributed by atoms with E-state index in [2.05, 4.69) is 22.5 Å². The molecule has 1 aliphatic carbocycles. The quantitative estimate of drug-likeness (QED) is 0.517. The lowest BCUT2D eigenvalue weighted by molar-refractivity contribution is -0.117. The number of amides is 2. The monoisotopic (exact) mass is 371 g/mol. The molecule has 3 rings (SSSR count). The lowest BCUT2D eigenvalue weighted by Crippen LogP contribution is -2.42. The minimum Gasteiger partial charge on any atom is -0.368 e. The topological polar surface area (TPSA) is 99.8 Å². The molecular weight excluding hydrogens is 342 g/mol. The van der Waals surface area contributed by atoms with E-state index < -0.39 is 5.91 Å². The molecule has 1 aromatic rings. The maximum Gasteiger partial charge on any atom is 0.251 e. The van der Waals surface area contributed by atoms with Crippen molar-refractivity contribution in [1.29, 1.82) is 0 Å². The fraction of sp³-hybridized carbons (Fsp3) is 0.550. The minimum absolute atomic E-state index is 0.158. The molecule has 1 aromatic carbocycles. The molecule has 1 saturated heterocycles. The summed E-state index contributed by atoms with van der Waals surface area (Å²) in [6.07, 6.45) is 5.33. The first-order valence-corrected chi connectivity index (χ1v) is 9.70. The molecule has 4 N–H and O–H groups in total. The molecule has 0 aromatic heterocycles. The number of rotatable bonds is 6. The summed E-state index contributed by atoms with van der Waals surface area (Å²) in [5.41, 5.74) is 7.11. The van der Waals surface area contributed by atoms with Crippen molar-refractivity contribution < 1.29 is 9.59 Å². The molecule has 7 heteroatoms. The van der Waals surface area contributed by atoms with Crippen LogP contribution in [0.5, 0.6) is 0 Å². The predicted molar refractivity (Wildman–Crippen MR) is 105 cm³/mol. The lowest BCUT2D eigenvalue weighted by atomic mass is 9.68. The summed E-state index contributed by atoms with van der Waals surface area (Å²) >= 11 is 0. The second-order valence-corrected chi connectivity index (χ2v) is 7.54. The third-order valence-corrected chi connectivity index (χ3v) is 5.54. The molecule has 0 atom stereocenters. The van der Waals surface area contributed by atoms with Gasteiger partial charge >= 0.3 is 0 Å². The van der Waals surface area contributed by atoms with Gasteiger partial charge < -0.3 is 21.3 Å². The van der Waals surface area contributed by atoms with Gasteiger partial charge in [0.25, 0.3) is 5.91 Å². The highest BCUT2D eigenvalue weighted by molar-refractivity contribution is 5.96. The Kier molecular flexibility index (Phi) is 5.98. The van der Waals surface area contributed by atoms with Gasteiger partial charge in [0.15, 0.2) is 5.96 Å². The van der Waals surface area contributed by atoms with Crippen LogP contribution in [0.2, 0.25) is 0 Å². The third-order valence-electron chi connectivity index (χ3n) is 5.54. The van der Waals surface area contributed by atoms with Crippen molar-refractivity contribution >= 4 is 17.8 Å². The van der Waals surface area contributed by atoms with E-state index in [0.717, 1.165) is 31.2 Å². The summed E-state index contributed by atoms with van der Waals surface area (Å²) in [7, 11) is 0. The van der Waals surface area contributed by atoms with Crippen LogP contribution in [-0.4, -0.2) is 48.9 Å². The van der Waals surface area contributed by atoms with E-state index in [1.165, 1.54) is 25.7 Å². The zero-order chi connectivity index (χ0) is 19.3. The zero-order valence-electron chi connectivity index (χ0n) is 16.0. The molecule has 146 valence electrons. The Morgan fingerprint density at radius 2 is 1.93 bits per heavy atom. The van der Waals surface area contributed by atoms with Crippen molar-refractivity contribution in [1.82, 2.24) is 15.5 Å². The molecule has 1 spiro atoms. The number of aliphatic imine (C=N–C) groups is 1. The molecule has 0 radical (unpaired) electrons. The highest BCUT2D eigenvalue weighted by atomic mass is 16.2. The van der Waals surface area contributed by atoms with Crippen molar-refractivity contribution in [2.45, 2.75) is 39.2 Å². The van der Waals surface area contributed by atoms with E-state index in [9.17, 15) is 9.59 Å². The largest absolute Gasteiger partial charge is 0.368 e. The second-order valence-electron chi connectivity index (χ2n) is 7.54. The van der Waals surface area contributed by atoms with E-state index >= 15 is 0 Å². The van der Waals surface area contributed by atoms with Gasteiger partial charge in [-0.2, -0.15) is 0 Å². The number of nitrogens with zero attached hydrogens (tertiary/aromatic N) is 2. The SMILES string of the molecule is CCNC(=NCc1ccc(C(=O)NCC(N)=O)cc1)N1CCC2(CCC2)C1. The first-order chi connectivity index (χ1) is 13.0. The average molecular weight is 371 g/mol. The summed E-state index contributed by atoms with van der Waals surface area (Å²) in [6, 6.07) is 7.27. The van der Waals surface area contributed by atoms with Crippen LogP contribution in [0.15, 0.2) is 29.3 Å². The number of carbonyl (C=O) groups excluding carboxylic acids is 2. The maximum atomic E-state index is 11.9. The van der Waals surface area contributed by atoms with Crippen LogP contribution in [0, 0.1) is 5.41 Å². The number of nitrogens with two attached hydrogens (primary N) is 1. The van der Waals surface area contributed by atoms with Crippen LogP contribution < -0.4 is 16.4 Å². The Labute approximate surface area is 160 Å². The maximum absolute atomic E-state index is 11.9. The van der Waals surface area contributed by atoms with Gasteiger partial charge in [-0.1, -0.05) is 18.6 Å². The normalized spacial score (nSPS) is 18.3. The third kappa shape index (κ3) is 4.78. The summed E-state index contributed by atoms with van der Waals surface area (Å²) in [4.78, 5) is 29.8. The fourth-order valence-electron chi connectivity index (χ4n) is 3.82. The molecule has 2 aliphatic rings. The van der Waals surface area contributed by atoms with Crippen LogP contribution in [0.25, 0.3) is 0 Å². The van der Waals surface area contributed by atoms with Gasteiger partial charge in [0.2, 0.25) is 5.91 Å². The molecule has 2 fully saturated rings. The first kappa shape index (κ1) is 19.2. The predicted octanol–water partition coefficient (Wildman–Crippen LogP) is 1.24. The number of hydrogen-bond donors (Lipinski definition) is 3. The number of hydrogen-bond acceptors (Lipinski definition) is 3. The Hall–Kier alpha value is -2.57. The van der Waals surface area contributed by atoms with Crippen molar-refractivity contribution in [2.24, 2.45) is 16.1 Å². The van der Waals surface area contributed by atoms with E-state index in [-0.39, 0.29) is 12.5 Å². The van der Waals surface area contributed by atoms with Crippen LogP contribution in [0.4, 0.5) is 0 Å². The number of nitrogens with one attached hydrogen (secondary N) is 2. The highest BCUT2D eigenvalue weighted by Gasteiger charge is 2.43. The number of guanidine groups is 1. The Bertz CT molecular complexity index is 710. The van der Waals surface area contributed by atoms with Gasteiger partial charge in [0.1, 0.15) is 0 Å². The molecule has 7 nitrogen and oxygen atoms in total. The molecule has 1 saturated carbocycles. The van der Waals surface area contributed by atoms with Gasteiger partial charge in [0, 0.05) is 25.2 Å². The van der Waals surface area contributed by atoms with Crippen LogP contribution >= 0.6 is 0 Å². The van der Waals surface area contributed by atoms with E-state index in [4.69, 9.17) is 10.7 Å². The number of likely N-dealkylation sites (tertiary alicyclic amines) is 1. The fourth-order valence-corrected chi connectivity index (χ4v) is 3.82. The Balaban J connectivity index is 1.59. The van der Waals surface area contributed by atoms with Crippen LogP contribution in [-0.2, 0) is 11.3 Å². The molecule has 1 heterocycles. The smallest absolute Gasteiger partial charge is 0.251 e. The number of benzene rings is 1. The van der Waals surface area contributed by atoms with Gasteiger partial charge in [-0.15, -0.1) is 0 Å². The van der Waals surface area contributed by atoms with Gasteiger partial charge in [-0.3, -0.25) is 9.59 Å². The minimum atomic E-state index is -0.559. The average Bonchev–Trinajstić information content (AvgIpc) is 3.09. The van der Waals surface area contributed by atoms with E-state index in [1.54, 1.807) is 12.1 Å². The molecule has 2 amide bonds. The standard InChI is InChI=1S/C20H29N5O2/c1-2-22-19(25-11-10-20(14-25)8-3-9-20)24-12-15-4-6-16(7-5-15)18(27)23-13-17(21)26/h4-7H,2-3,8-14H2,1H3,(H2,21,26)(H,22,24)(H,23,27).